The molecule has 0 aliphatic rings. The molecule has 3 heteroatoms. The van der Waals surface area contributed by atoms with E-state index >= 15 is 0 Å². The Balaban J connectivity index is 1.74. The lowest BCUT2D eigenvalue weighted by molar-refractivity contribution is 0.333. The molecule has 2 nitrogen and oxygen atoms in total. The van der Waals surface area contributed by atoms with Gasteiger partial charge in [0.15, 0.2) is 0 Å². The zero-order chi connectivity index (χ0) is 12.8. The van der Waals surface area contributed by atoms with E-state index in [2.05, 4.69) is 40.3 Å². The summed E-state index contributed by atoms with van der Waals surface area (Å²) in [7, 11) is 0. The van der Waals surface area contributed by atoms with Gasteiger partial charge in [-0.15, -0.1) is 0 Å². The molecule has 1 N–H and O–H groups in total. The second kappa shape index (κ2) is 6.45. The first kappa shape index (κ1) is 13.0. The summed E-state index contributed by atoms with van der Waals surface area (Å²) in [5.74, 6) is 0.914. The van der Waals surface area contributed by atoms with E-state index in [1.807, 2.05) is 36.4 Å². The van der Waals surface area contributed by atoms with Gasteiger partial charge in [0.1, 0.15) is 12.4 Å². The van der Waals surface area contributed by atoms with Gasteiger partial charge in [-0.1, -0.05) is 39.7 Å². The van der Waals surface area contributed by atoms with Crippen LogP contribution < -0.4 is 10.1 Å². The first-order valence-corrected chi connectivity index (χ1v) is 6.72. The van der Waals surface area contributed by atoms with Crippen molar-refractivity contribution in [2.75, 3.05) is 18.5 Å². The van der Waals surface area contributed by atoms with Crippen molar-refractivity contribution in [3.8, 4) is 5.75 Å². The highest BCUT2D eigenvalue weighted by molar-refractivity contribution is 9.10. The first-order chi connectivity index (χ1) is 8.74. The highest BCUT2D eigenvalue weighted by Crippen LogP contribution is 2.15. The van der Waals surface area contributed by atoms with E-state index in [0.717, 1.165) is 22.5 Å². The summed E-state index contributed by atoms with van der Waals surface area (Å²) in [6, 6.07) is 16.2. The smallest absolute Gasteiger partial charge is 0.119 e. The van der Waals surface area contributed by atoms with E-state index in [4.69, 9.17) is 4.74 Å². The Morgan fingerprint density at radius 3 is 2.61 bits per heavy atom. The largest absolute Gasteiger partial charge is 0.492 e. The summed E-state index contributed by atoms with van der Waals surface area (Å²) >= 11 is 3.44. The van der Waals surface area contributed by atoms with E-state index in [0.29, 0.717) is 6.61 Å². The van der Waals surface area contributed by atoms with Gasteiger partial charge in [-0.25, -0.2) is 0 Å². The van der Waals surface area contributed by atoms with Crippen LogP contribution in [0.1, 0.15) is 5.56 Å². The third kappa shape index (κ3) is 4.08. The molecular weight excluding hydrogens is 290 g/mol. The molecule has 2 aromatic carbocycles. The van der Waals surface area contributed by atoms with Crippen molar-refractivity contribution in [3.05, 3.63) is 58.6 Å². The van der Waals surface area contributed by atoms with Gasteiger partial charge >= 0.3 is 0 Å². The molecule has 0 fully saturated rings. The molecule has 0 aliphatic carbocycles. The minimum Gasteiger partial charge on any atom is -0.492 e. The van der Waals surface area contributed by atoms with Crippen LogP contribution in [0, 0.1) is 6.92 Å². The topological polar surface area (TPSA) is 21.3 Å². The molecule has 0 bridgehead atoms. The summed E-state index contributed by atoms with van der Waals surface area (Å²) < 4.78 is 6.71. The maximum Gasteiger partial charge on any atom is 0.119 e. The lowest BCUT2D eigenvalue weighted by Crippen LogP contribution is -2.11. The molecule has 0 unspecified atom stereocenters. The number of rotatable bonds is 5. The minimum atomic E-state index is 0.648. The molecule has 0 heterocycles. The van der Waals surface area contributed by atoms with Gasteiger partial charge in [0.2, 0.25) is 0 Å². The first-order valence-electron chi connectivity index (χ1n) is 5.93. The summed E-state index contributed by atoms with van der Waals surface area (Å²) in [6.45, 7) is 3.50. The summed E-state index contributed by atoms with van der Waals surface area (Å²) in [4.78, 5) is 0. The van der Waals surface area contributed by atoms with Crippen molar-refractivity contribution < 1.29 is 4.74 Å². The second-order valence-corrected chi connectivity index (χ2v) is 5.01. The summed E-state index contributed by atoms with van der Waals surface area (Å²) in [5, 5.41) is 3.31. The van der Waals surface area contributed by atoms with Gasteiger partial charge in [0, 0.05) is 16.7 Å². The molecule has 0 spiro atoms. The molecule has 0 aromatic heterocycles. The van der Waals surface area contributed by atoms with Crippen molar-refractivity contribution in [2.24, 2.45) is 0 Å². The van der Waals surface area contributed by atoms with Crippen LogP contribution in [-0.4, -0.2) is 13.2 Å². The second-order valence-electron chi connectivity index (χ2n) is 4.10. The van der Waals surface area contributed by atoms with Crippen molar-refractivity contribution >= 4 is 21.6 Å². The van der Waals surface area contributed by atoms with E-state index in [1.54, 1.807) is 0 Å². The van der Waals surface area contributed by atoms with Crippen molar-refractivity contribution in [2.45, 2.75) is 6.92 Å². The molecule has 94 valence electrons. The molecule has 18 heavy (non-hydrogen) atoms. The molecular formula is C15H16BrNO. The Bertz CT molecular complexity index is 496. The van der Waals surface area contributed by atoms with Crippen molar-refractivity contribution in [1.82, 2.24) is 0 Å². The van der Waals surface area contributed by atoms with Gasteiger partial charge in [0.05, 0.1) is 0 Å². The number of ether oxygens (including phenoxy) is 1. The molecule has 0 saturated heterocycles. The molecule has 0 saturated carbocycles. The van der Waals surface area contributed by atoms with Crippen LogP contribution in [0.25, 0.3) is 0 Å². The highest BCUT2D eigenvalue weighted by atomic mass is 79.9. The maximum absolute atomic E-state index is 5.64. The zero-order valence-corrected chi connectivity index (χ0v) is 11.9. The summed E-state index contributed by atoms with van der Waals surface area (Å²) in [6.07, 6.45) is 0. The molecule has 0 amide bonds. The molecule has 0 atom stereocenters. The molecule has 2 rings (SSSR count). The SMILES string of the molecule is Cc1ccc(OCCNc2cccc(Br)c2)cc1. The molecule has 2 aromatic rings. The standard InChI is InChI=1S/C15H16BrNO/c1-12-5-7-15(8-6-12)18-10-9-17-14-4-2-3-13(16)11-14/h2-8,11,17H,9-10H2,1H3. The van der Waals surface area contributed by atoms with Crippen LogP contribution in [0.4, 0.5) is 5.69 Å². The van der Waals surface area contributed by atoms with Crippen LogP contribution in [0.5, 0.6) is 5.75 Å². The van der Waals surface area contributed by atoms with E-state index in [-0.39, 0.29) is 0 Å². The number of halogens is 1. The average Bonchev–Trinajstić information content (AvgIpc) is 2.37. The Labute approximate surface area is 116 Å². The normalized spacial score (nSPS) is 10.1. The Morgan fingerprint density at radius 2 is 1.89 bits per heavy atom. The monoisotopic (exact) mass is 305 g/mol. The third-order valence-electron chi connectivity index (χ3n) is 2.55. The van der Waals surface area contributed by atoms with Gasteiger partial charge in [0.25, 0.3) is 0 Å². The minimum absolute atomic E-state index is 0.648. The average molecular weight is 306 g/mol. The number of anilines is 1. The van der Waals surface area contributed by atoms with Crippen LogP contribution in [-0.2, 0) is 0 Å². The number of hydrogen-bond acceptors (Lipinski definition) is 2. The number of hydrogen-bond donors (Lipinski definition) is 1. The number of aryl methyl sites for hydroxylation is 1. The van der Waals surface area contributed by atoms with Crippen LogP contribution in [0.15, 0.2) is 53.0 Å². The molecule has 0 aliphatic heterocycles. The Hall–Kier alpha value is -1.48. The van der Waals surface area contributed by atoms with Gasteiger partial charge in [-0.3, -0.25) is 0 Å². The lowest BCUT2D eigenvalue weighted by atomic mass is 10.2. The summed E-state index contributed by atoms with van der Waals surface area (Å²) in [5.41, 5.74) is 2.34. The fourth-order valence-corrected chi connectivity index (χ4v) is 2.00. The van der Waals surface area contributed by atoms with E-state index in [9.17, 15) is 0 Å². The van der Waals surface area contributed by atoms with Crippen molar-refractivity contribution in [1.29, 1.82) is 0 Å². The van der Waals surface area contributed by atoms with E-state index < -0.39 is 0 Å². The number of nitrogens with one attached hydrogen (secondary N) is 1. The van der Waals surface area contributed by atoms with Crippen LogP contribution >= 0.6 is 15.9 Å². The van der Waals surface area contributed by atoms with Gasteiger partial charge in [-0.05, 0) is 37.3 Å². The zero-order valence-electron chi connectivity index (χ0n) is 10.3. The Kier molecular flexibility index (Phi) is 4.65. The molecule has 0 radical (unpaired) electrons. The Morgan fingerprint density at radius 1 is 1.11 bits per heavy atom. The maximum atomic E-state index is 5.64. The third-order valence-corrected chi connectivity index (χ3v) is 3.04. The van der Waals surface area contributed by atoms with E-state index in [1.165, 1.54) is 5.56 Å². The highest BCUT2D eigenvalue weighted by Gasteiger charge is 1.95. The number of benzene rings is 2. The van der Waals surface area contributed by atoms with Crippen LogP contribution in [0.2, 0.25) is 0 Å². The van der Waals surface area contributed by atoms with Crippen LogP contribution in [0.3, 0.4) is 0 Å². The quantitative estimate of drug-likeness (QED) is 0.834. The fraction of sp³-hybridized carbons (Fsp3) is 0.200. The van der Waals surface area contributed by atoms with Gasteiger partial charge in [-0.2, -0.15) is 0 Å². The predicted molar refractivity (Wildman–Crippen MR) is 79.3 cm³/mol. The van der Waals surface area contributed by atoms with Crippen molar-refractivity contribution in [3.63, 3.8) is 0 Å². The van der Waals surface area contributed by atoms with Gasteiger partial charge < -0.3 is 10.1 Å². The lowest BCUT2D eigenvalue weighted by Gasteiger charge is -2.09. The predicted octanol–water partition coefficient (Wildman–Crippen LogP) is 4.25. The fourth-order valence-electron chi connectivity index (χ4n) is 1.60.